The Hall–Kier alpha value is -0.0900. The van der Waals surface area contributed by atoms with Crippen LogP contribution in [-0.2, 0) is 4.79 Å². The smallest absolute Gasteiger partial charge is 0.220 e. The Morgan fingerprint density at radius 3 is 2.34 bits per heavy atom. The first kappa shape index (κ1) is 30.9. The number of halogens is 1. The van der Waals surface area contributed by atoms with Crippen LogP contribution < -0.4 is 22.3 Å². The van der Waals surface area contributed by atoms with Crippen LogP contribution in [-0.4, -0.2) is 43.6 Å². The number of amides is 1. The van der Waals surface area contributed by atoms with Gasteiger partial charge in [0.05, 0.1) is 26.7 Å². The molecule has 220 valence electrons. The largest absolute Gasteiger partial charge is 1.00 e. The van der Waals surface area contributed by atoms with Gasteiger partial charge >= 0.3 is 0 Å². The standard InChI is InChI=1S/C34H60N2O.BrH/c1-25(14-19-32(37)35-23-10-24-36(4,5)27-12-6-7-13-27)29-17-18-30-28-16-15-26-11-8-9-21-33(26,2)31(28)20-22-34(29,30)3;/h25-31H,6-24H2,1-5H3;1H/t25-,26?,28?,29-,30?,31?,33+,34-;/m1./s1. The van der Waals surface area contributed by atoms with Gasteiger partial charge in [0.1, 0.15) is 0 Å². The molecule has 5 saturated carbocycles. The second-order valence-electron chi connectivity index (χ2n) is 15.8. The lowest BCUT2D eigenvalue weighted by Crippen LogP contribution is -3.00. The van der Waals surface area contributed by atoms with Crippen molar-refractivity contribution in [3.63, 3.8) is 0 Å². The monoisotopic (exact) mass is 592 g/mol. The van der Waals surface area contributed by atoms with E-state index in [0.717, 1.165) is 65.9 Å². The molecular formula is C34H61BrN2O. The number of nitrogens with one attached hydrogen (secondary N) is 1. The summed E-state index contributed by atoms with van der Waals surface area (Å²) >= 11 is 0. The predicted molar refractivity (Wildman–Crippen MR) is 155 cm³/mol. The number of carbonyl (C=O) groups excluding carboxylic acids is 1. The highest BCUT2D eigenvalue weighted by Crippen LogP contribution is 2.68. The van der Waals surface area contributed by atoms with Crippen LogP contribution in [0.15, 0.2) is 0 Å². The van der Waals surface area contributed by atoms with E-state index in [9.17, 15) is 4.79 Å². The molecule has 5 aliphatic carbocycles. The third kappa shape index (κ3) is 5.93. The maximum absolute atomic E-state index is 12.7. The average Bonchev–Trinajstić information content (AvgIpc) is 3.53. The zero-order valence-electron chi connectivity index (χ0n) is 25.7. The summed E-state index contributed by atoms with van der Waals surface area (Å²) in [6.45, 7) is 9.91. The van der Waals surface area contributed by atoms with Crippen LogP contribution in [0.1, 0.15) is 130 Å². The van der Waals surface area contributed by atoms with Crippen molar-refractivity contribution in [1.82, 2.24) is 5.32 Å². The fourth-order valence-corrected chi connectivity index (χ4v) is 11.4. The molecule has 5 fully saturated rings. The molecule has 4 unspecified atom stereocenters. The Kier molecular flexibility index (Phi) is 10.1. The van der Waals surface area contributed by atoms with E-state index in [0.29, 0.717) is 22.7 Å². The van der Waals surface area contributed by atoms with Crippen LogP contribution in [0.25, 0.3) is 0 Å². The Balaban J connectivity index is 0.00000336. The second kappa shape index (κ2) is 12.4. The maximum Gasteiger partial charge on any atom is 0.220 e. The third-order valence-electron chi connectivity index (χ3n) is 13.7. The van der Waals surface area contributed by atoms with Gasteiger partial charge in [-0.15, -0.1) is 0 Å². The molecule has 4 heteroatoms. The minimum Gasteiger partial charge on any atom is -1.00 e. The van der Waals surface area contributed by atoms with E-state index in [1.807, 2.05) is 0 Å². The highest BCUT2D eigenvalue weighted by atomic mass is 79.9. The number of fused-ring (bicyclic) bond motifs is 5. The Morgan fingerprint density at radius 2 is 1.58 bits per heavy atom. The summed E-state index contributed by atoms with van der Waals surface area (Å²) in [6, 6.07) is 0.837. The number of quaternary nitrogens is 1. The third-order valence-corrected chi connectivity index (χ3v) is 13.7. The number of hydrogen-bond acceptors (Lipinski definition) is 1. The number of rotatable bonds is 9. The summed E-state index contributed by atoms with van der Waals surface area (Å²) in [7, 11) is 4.78. The van der Waals surface area contributed by atoms with Gasteiger partial charge in [-0.2, -0.15) is 0 Å². The minimum atomic E-state index is 0. The second-order valence-corrected chi connectivity index (χ2v) is 15.8. The molecule has 38 heavy (non-hydrogen) atoms. The maximum atomic E-state index is 12.7. The van der Waals surface area contributed by atoms with E-state index < -0.39 is 0 Å². The zero-order chi connectivity index (χ0) is 26.3. The van der Waals surface area contributed by atoms with Crippen molar-refractivity contribution in [2.45, 2.75) is 136 Å². The molecule has 8 atom stereocenters. The van der Waals surface area contributed by atoms with Crippen LogP contribution >= 0.6 is 0 Å². The van der Waals surface area contributed by atoms with Gasteiger partial charge in [-0.25, -0.2) is 0 Å². The first-order valence-corrected chi connectivity index (χ1v) is 16.7. The van der Waals surface area contributed by atoms with Crippen LogP contribution in [0.4, 0.5) is 0 Å². The zero-order valence-corrected chi connectivity index (χ0v) is 27.3. The Labute approximate surface area is 246 Å². The molecule has 3 nitrogen and oxygen atoms in total. The highest BCUT2D eigenvalue weighted by molar-refractivity contribution is 5.75. The first-order valence-electron chi connectivity index (χ1n) is 16.7. The van der Waals surface area contributed by atoms with Crippen molar-refractivity contribution >= 4 is 5.91 Å². The van der Waals surface area contributed by atoms with E-state index in [4.69, 9.17) is 0 Å². The van der Waals surface area contributed by atoms with E-state index >= 15 is 0 Å². The Morgan fingerprint density at radius 1 is 0.868 bits per heavy atom. The molecule has 0 spiro atoms. The van der Waals surface area contributed by atoms with Crippen LogP contribution in [0.2, 0.25) is 0 Å². The fraction of sp³-hybridized carbons (Fsp3) is 0.971. The van der Waals surface area contributed by atoms with E-state index in [1.165, 1.54) is 96.4 Å². The van der Waals surface area contributed by atoms with E-state index in [-0.39, 0.29) is 17.0 Å². The van der Waals surface area contributed by atoms with Crippen molar-refractivity contribution in [3.8, 4) is 0 Å². The van der Waals surface area contributed by atoms with Crippen molar-refractivity contribution in [1.29, 1.82) is 0 Å². The van der Waals surface area contributed by atoms with Gasteiger partial charge in [-0.05, 0) is 130 Å². The predicted octanol–water partition coefficient (Wildman–Crippen LogP) is 4.98. The summed E-state index contributed by atoms with van der Waals surface area (Å²) in [5, 5.41) is 3.28. The summed E-state index contributed by atoms with van der Waals surface area (Å²) in [6.07, 6.45) is 23.4. The molecule has 1 amide bonds. The molecular weight excluding hydrogens is 532 g/mol. The molecule has 0 bridgehead atoms. The normalized spacial score (nSPS) is 40.0. The lowest BCUT2D eigenvalue weighted by Gasteiger charge is -2.61. The van der Waals surface area contributed by atoms with Crippen molar-refractivity contribution in [2.24, 2.45) is 46.3 Å². The lowest BCUT2D eigenvalue weighted by atomic mass is 9.44. The van der Waals surface area contributed by atoms with Gasteiger partial charge in [-0.1, -0.05) is 33.6 Å². The van der Waals surface area contributed by atoms with Crippen molar-refractivity contribution in [3.05, 3.63) is 0 Å². The van der Waals surface area contributed by atoms with Crippen molar-refractivity contribution in [2.75, 3.05) is 27.2 Å². The Bertz CT molecular complexity index is 793. The molecule has 0 radical (unpaired) electrons. The summed E-state index contributed by atoms with van der Waals surface area (Å²) in [5.41, 5.74) is 1.17. The average molecular weight is 594 g/mol. The lowest BCUT2D eigenvalue weighted by molar-refractivity contribution is -0.914. The SMILES string of the molecule is C[C@H](CCC(=O)NCCC[N+](C)(C)C1CCCC1)[C@H]1CCC2C3CCC4CCCC[C@]4(C)C3CC[C@@]21C.[Br-]. The van der Waals surface area contributed by atoms with Gasteiger partial charge in [0, 0.05) is 19.4 Å². The summed E-state index contributed by atoms with van der Waals surface area (Å²) in [4.78, 5) is 12.7. The van der Waals surface area contributed by atoms with Crippen LogP contribution in [0.5, 0.6) is 0 Å². The fourth-order valence-electron chi connectivity index (χ4n) is 11.4. The summed E-state index contributed by atoms with van der Waals surface area (Å²) in [5.74, 6) is 5.77. The van der Waals surface area contributed by atoms with E-state index in [2.05, 4.69) is 40.2 Å². The van der Waals surface area contributed by atoms with Crippen LogP contribution in [0.3, 0.4) is 0 Å². The van der Waals surface area contributed by atoms with Gasteiger partial charge in [0.15, 0.2) is 0 Å². The molecule has 0 heterocycles. The van der Waals surface area contributed by atoms with Crippen molar-refractivity contribution < 1.29 is 26.3 Å². The van der Waals surface area contributed by atoms with E-state index in [1.54, 1.807) is 0 Å². The summed E-state index contributed by atoms with van der Waals surface area (Å²) < 4.78 is 1.13. The first-order chi connectivity index (χ1) is 17.6. The van der Waals surface area contributed by atoms with Gasteiger partial charge in [0.25, 0.3) is 0 Å². The molecule has 0 aromatic rings. The molecule has 1 N–H and O–H groups in total. The molecule has 0 aromatic heterocycles. The molecule has 0 aromatic carbocycles. The number of carbonyl (C=O) groups is 1. The molecule has 0 aliphatic heterocycles. The highest BCUT2D eigenvalue weighted by Gasteiger charge is 2.60. The quantitative estimate of drug-likeness (QED) is 0.297. The van der Waals surface area contributed by atoms with Gasteiger partial charge < -0.3 is 26.8 Å². The molecule has 0 saturated heterocycles. The van der Waals surface area contributed by atoms with Crippen LogP contribution in [0, 0.1) is 46.3 Å². The number of nitrogens with zero attached hydrogens (tertiary/aromatic N) is 1. The topological polar surface area (TPSA) is 29.1 Å². The number of hydrogen-bond donors (Lipinski definition) is 1. The van der Waals surface area contributed by atoms with Gasteiger partial charge in [-0.3, -0.25) is 4.79 Å². The van der Waals surface area contributed by atoms with Gasteiger partial charge in [0.2, 0.25) is 5.91 Å². The minimum absolute atomic E-state index is 0. The molecule has 5 rings (SSSR count). The molecule has 5 aliphatic rings.